The highest BCUT2D eigenvalue weighted by Crippen LogP contribution is 2.45. The zero-order valence-corrected chi connectivity index (χ0v) is 18.9. The van der Waals surface area contributed by atoms with Crippen molar-refractivity contribution in [1.82, 2.24) is 14.8 Å². The minimum Gasteiger partial charge on any atom is -0.469 e. The molecule has 2 aliphatic heterocycles. The van der Waals surface area contributed by atoms with Crippen LogP contribution < -0.4 is 0 Å². The maximum Gasteiger partial charge on any atom is 0.311 e. The molecule has 2 aliphatic rings. The van der Waals surface area contributed by atoms with Crippen LogP contribution >= 0.6 is 0 Å². The summed E-state index contributed by atoms with van der Waals surface area (Å²) in [6.45, 7) is 3.00. The second kappa shape index (κ2) is 8.94. The molecule has 0 aliphatic carbocycles. The van der Waals surface area contributed by atoms with Gasteiger partial charge in [0.05, 0.1) is 24.1 Å². The number of fused-ring (bicyclic) bond motifs is 1. The summed E-state index contributed by atoms with van der Waals surface area (Å²) in [5.74, 6) is -0.641. The summed E-state index contributed by atoms with van der Waals surface area (Å²) in [4.78, 5) is 34.7. The number of methoxy groups -OCH3 is 1. The van der Waals surface area contributed by atoms with Crippen molar-refractivity contribution in [1.29, 1.82) is 0 Å². The smallest absolute Gasteiger partial charge is 0.311 e. The number of carbonyl (C=O) groups is 2. The number of pyridine rings is 1. The number of hydrogen-bond acceptors (Lipinski definition) is 5. The van der Waals surface area contributed by atoms with Gasteiger partial charge in [0.15, 0.2) is 0 Å². The highest BCUT2D eigenvalue weighted by molar-refractivity contribution is 5.89. The van der Waals surface area contributed by atoms with Crippen molar-refractivity contribution in [2.45, 2.75) is 37.9 Å². The molecule has 1 unspecified atom stereocenters. The molecule has 2 fully saturated rings. The Labute approximate surface area is 194 Å². The Morgan fingerprint density at radius 2 is 1.82 bits per heavy atom. The van der Waals surface area contributed by atoms with Crippen LogP contribution in [0.25, 0.3) is 10.9 Å². The first-order valence-electron chi connectivity index (χ1n) is 11.6. The van der Waals surface area contributed by atoms with E-state index in [1.807, 2.05) is 53.6 Å². The minimum absolute atomic E-state index is 0.0443. The normalized spacial score (nSPS) is 20.5. The molecular weight excluding hydrogens is 414 g/mol. The number of esters is 1. The summed E-state index contributed by atoms with van der Waals surface area (Å²) >= 11 is 0. The predicted molar refractivity (Wildman–Crippen MR) is 126 cm³/mol. The summed E-state index contributed by atoms with van der Waals surface area (Å²) in [6, 6.07) is 20.4. The van der Waals surface area contributed by atoms with Gasteiger partial charge in [0, 0.05) is 44.2 Å². The minimum atomic E-state index is -0.489. The van der Waals surface area contributed by atoms with E-state index < -0.39 is 11.5 Å². The third-order valence-corrected chi connectivity index (χ3v) is 7.39. The molecule has 170 valence electrons. The second-order valence-electron chi connectivity index (χ2n) is 9.11. The molecule has 1 amide bonds. The number of hydrogen-bond donors (Lipinski definition) is 0. The van der Waals surface area contributed by atoms with Gasteiger partial charge in [0.2, 0.25) is 5.91 Å². The second-order valence-corrected chi connectivity index (χ2v) is 9.11. The van der Waals surface area contributed by atoms with Crippen LogP contribution in [0.1, 0.15) is 30.4 Å². The number of aromatic nitrogens is 1. The molecule has 2 saturated heterocycles. The number of benzene rings is 2. The lowest BCUT2D eigenvalue weighted by atomic mass is 9.76. The van der Waals surface area contributed by atoms with E-state index in [0.29, 0.717) is 6.54 Å². The van der Waals surface area contributed by atoms with Crippen LogP contribution in [-0.2, 0) is 27.4 Å². The van der Waals surface area contributed by atoms with Crippen LogP contribution in [0.3, 0.4) is 0 Å². The molecule has 6 nitrogen and oxygen atoms in total. The van der Waals surface area contributed by atoms with E-state index >= 15 is 0 Å². The lowest BCUT2D eigenvalue weighted by molar-refractivity contribution is -0.150. The Bertz CT molecular complexity index is 1150. The highest BCUT2D eigenvalue weighted by atomic mass is 16.5. The van der Waals surface area contributed by atoms with Crippen LogP contribution in [0.5, 0.6) is 0 Å². The third kappa shape index (κ3) is 4.00. The summed E-state index contributed by atoms with van der Waals surface area (Å²) in [6.07, 6.45) is 3.57. The van der Waals surface area contributed by atoms with Crippen molar-refractivity contribution in [3.8, 4) is 0 Å². The van der Waals surface area contributed by atoms with Crippen LogP contribution in [0.15, 0.2) is 66.9 Å². The average Bonchev–Trinajstić information content (AvgIpc) is 3.12. The maximum atomic E-state index is 13.1. The first kappa shape index (κ1) is 21.6. The number of amides is 1. The van der Waals surface area contributed by atoms with Crippen molar-refractivity contribution in [2.24, 2.45) is 5.92 Å². The molecule has 1 spiro atoms. The van der Waals surface area contributed by atoms with Crippen molar-refractivity contribution in [3.63, 3.8) is 0 Å². The van der Waals surface area contributed by atoms with E-state index in [1.165, 1.54) is 18.1 Å². The van der Waals surface area contributed by atoms with E-state index in [0.717, 1.165) is 43.6 Å². The molecule has 0 bridgehead atoms. The maximum absolute atomic E-state index is 13.1. The van der Waals surface area contributed by atoms with Crippen molar-refractivity contribution < 1.29 is 14.3 Å². The van der Waals surface area contributed by atoms with Gasteiger partial charge in [-0.2, -0.15) is 0 Å². The van der Waals surface area contributed by atoms with Gasteiger partial charge < -0.3 is 9.64 Å². The fourth-order valence-electron chi connectivity index (χ4n) is 5.63. The van der Waals surface area contributed by atoms with E-state index in [1.54, 1.807) is 0 Å². The number of carbonyl (C=O) groups excluding carboxylic acids is 2. The lowest BCUT2D eigenvalue weighted by Crippen LogP contribution is -2.57. The summed E-state index contributed by atoms with van der Waals surface area (Å²) < 4.78 is 5.14. The molecule has 5 rings (SSSR count). The Kier molecular flexibility index (Phi) is 5.85. The number of rotatable bonds is 5. The van der Waals surface area contributed by atoms with Crippen LogP contribution in [0.4, 0.5) is 0 Å². The molecule has 33 heavy (non-hydrogen) atoms. The number of ether oxygens (including phenoxy) is 1. The number of nitrogens with zero attached hydrogens (tertiary/aromatic N) is 3. The van der Waals surface area contributed by atoms with Gasteiger partial charge in [-0.3, -0.25) is 19.5 Å². The SMILES string of the molecule is COC(=O)C1CC(=O)N(Cc2ccccc2)C12CCN(Cc1cccc3ncccc13)CC2. The molecular formula is C27H29N3O3. The highest BCUT2D eigenvalue weighted by Gasteiger charge is 2.56. The molecule has 6 heteroatoms. The molecule has 3 aromatic rings. The Hall–Kier alpha value is -3.25. The zero-order chi connectivity index (χ0) is 22.8. The molecule has 0 N–H and O–H groups in total. The molecule has 0 radical (unpaired) electrons. The molecule has 0 saturated carbocycles. The van der Waals surface area contributed by atoms with Crippen molar-refractivity contribution in [3.05, 3.63) is 78.0 Å². The van der Waals surface area contributed by atoms with E-state index in [4.69, 9.17) is 4.74 Å². The zero-order valence-electron chi connectivity index (χ0n) is 18.9. The van der Waals surface area contributed by atoms with Crippen LogP contribution in [0, 0.1) is 5.92 Å². The quantitative estimate of drug-likeness (QED) is 0.562. The Morgan fingerprint density at radius 1 is 1.03 bits per heavy atom. The van der Waals surface area contributed by atoms with E-state index in [2.05, 4.69) is 28.1 Å². The van der Waals surface area contributed by atoms with Crippen molar-refractivity contribution >= 4 is 22.8 Å². The van der Waals surface area contributed by atoms with Crippen LogP contribution in [0.2, 0.25) is 0 Å². The fraction of sp³-hybridized carbons (Fsp3) is 0.370. The first-order chi connectivity index (χ1) is 16.1. The van der Waals surface area contributed by atoms with E-state index in [-0.39, 0.29) is 18.3 Å². The summed E-state index contributed by atoms with van der Waals surface area (Å²) in [5, 5.41) is 1.18. The summed E-state index contributed by atoms with van der Waals surface area (Å²) in [5.41, 5.74) is 2.85. The monoisotopic (exact) mass is 443 g/mol. The van der Waals surface area contributed by atoms with Gasteiger partial charge in [0.1, 0.15) is 0 Å². The average molecular weight is 444 g/mol. The summed E-state index contributed by atoms with van der Waals surface area (Å²) in [7, 11) is 1.42. The standard InChI is InChI=1S/C27H29N3O3/c1-33-26(32)23-17-25(31)30(18-20-7-3-2-4-8-20)27(23)12-15-29(16-13-27)19-21-9-5-11-24-22(21)10-6-14-28-24/h2-11,14,23H,12-13,15-19H2,1H3. The van der Waals surface area contributed by atoms with Crippen LogP contribution in [-0.4, -0.2) is 52.4 Å². The largest absolute Gasteiger partial charge is 0.469 e. The van der Waals surface area contributed by atoms with Crippen molar-refractivity contribution in [2.75, 3.05) is 20.2 Å². The van der Waals surface area contributed by atoms with Gasteiger partial charge in [-0.15, -0.1) is 0 Å². The van der Waals surface area contributed by atoms with Gasteiger partial charge in [-0.05, 0) is 36.1 Å². The third-order valence-electron chi connectivity index (χ3n) is 7.39. The number of likely N-dealkylation sites (tertiary alicyclic amines) is 2. The van der Waals surface area contributed by atoms with Gasteiger partial charge in [-0.25, -0.2) is 0 Å². The molecule has 3 heterocycles. The number of piperidine rings is 1. The lowest BCUT2D eigenvalue weighted by Gasteiger charge is -2.47. The molecule has 1 atom stereocenters. The first-order valence-corrected chi connectivity index (χ1v) is 11.6. The van der Waals surface area contributed by atoms with E-state index in [9.17, 15) is 9.59 Å². The fourth-order valence-corrected chi connectivity index (χ4v) is 5.63. The molecule has 2 aromatic carbocycles. The predicted octanol–water partition coefficient (Wildman–Crippen LogP) is 3.79. The Morgan fingerprint density at radius 3 is 2.58 bits per heavy atom. The Balaban J connectivity index is 1.38. The van der Waals surface area contributed by atoms with Gasteiger partial charge in [-0.1, -0.05) is 48.5 Å². The molecule has 1 aromatic heterocycles. The van der Waals surface area contributed by atoms with Gasteiger partial charge in [0.25, 0.3) is 0 Å². The topological polar surface area (TPSA) is 62.7 Å². The van der Waals surface area contributed by atoms with Gasteiger partial charge >= 0.3 is 5.97 Å².